The summed E-state index contributed by atoms with van der Waals surface area (Å²) in [5.74, 6) is -2.87. The molecule has 380 valence electrons. The van der Waals surface area contributed by atoms with Crippen LogP contribution in [0.4, 0.5) is 0 Å². The number of carbonyl (C=O) groups excluding carboxylic acids is 2. The lowest BCUT2D eigenvalue weighted by Crippen LogP contribution is -2.81. The summed E-state index contributed by atoms with van der Waals surface area (Å²) in [5.41, 5.74) is -1.81. The van der Waals surface area contributed by atoms with E-state index in [0.717, 1.165) is 89.2 Å². The van der Waals surface area contributed by atoms with E-state index in [4.69, 9.17) is 36.7 Å². The highest BCUT2D eigenvalue weighted by molar-refractivity contribution is 6.75. The Morgan fingerprint density at radius 2 is 1.19 bits per heavy atom. The van der Waals surface area contributed by atoms with Gasteiger partial charge in [-0.3, -0.25) is 9.59 Å². The van der Waals surface area contributed by atoms with Gasteiger partial charge in [0.05, 0.1) is 24.2 Å². The normalized spacial score (nSPS) is 34.1. The first-order chi connectivity index (χ1) is 31.6. The fourth-order valence-corrected chi connectivity index (χ4v) is 25.1. The van der Waals surface area contributed by atoms with Crippen molar-refractivity contribution in [3.05, 3.63) is 47.0 Å². The molecule has 67 heavy (non-hydrogen) atoms. The molecule has 0 unspecified atom stereocenters. The molecule has 6 rings (SSSR count). The first kappa shape index (κ1) is 55.0. The molecule has 0 amide bonds. The molecule has 4 fully saturated rings. The molecule has 10 nitrogen and oxygen atoms in total. The Kier molecular flexibility index (Phi) is 16.7. The molecule has 5 aliphatic rings. The third kappa shape index (κ3) is 8.62. The Balaban J connectivity index is 1.83. The van der Waals surface area contributed by atoms with Gasteiger partial charge in [0.1, 0.15) is 23.9 Å². The molecule has 1 spiro atoms. The lowest BCUT2D eigenvalue weighted by atomic mass is 9.45. The molecule has 1 aromatic carbocycles. The van der Waals surface area contributed by atoms with Crippen LogP contribution < -0.4 is 0 Å². The number of benzene rings is 1. The fraction of sp³-hybridized carbons (Fsp3) is 0.811. The third-order valence-electron chi connectivity index (χ3n) is 19.5. The number of rotatable bonds is 22. The van der Waals surface area contributed by atoms with Crippen molar-refractivity contribution in [2.45, 2.75) is 251 Å². The van der Waals surface area contributed by atoms with Gasteiger partial charge >= 0.3 is 11.9 Å². The average molecular weight is 1000 g/mol. The molecule has 2 saturated carbocycles. The number of fused-ring (bicyclic) bond motifs is 5. The van der Waals surface area contributed by atoms with E-state index in [1.54, 1.807) is 0 Å². The van der Waals surface area contributed by atoms with E-state index in [9.17, 15) is 4.79 Å². The molecule has 2 aliphatic heterocycles. The zero-order chi connectivity index (χ0) is 49.6. The van der Waals surface area contributed by atoms with Gasteiger partial charge in [-0.1, -0.05) is 127 Å². The van der Waals surface area contributed by atoms with Crippen LogP contribution in [-0.2, 0) is 52.2 Å². The van der Waals surface area contributed by atoms with Crippen molar-refractivity contribution in [2.24, 2.45) is 16.7 Å². The number of hydrogen-bond donors (Lipinski definition) is 0. The summed E-state index contributed by atoms with van der Waals surface area (Å²) in [5, 5.41) is 0. The van der Waals surface area contributed by atoms with Crippen molar-refractivity contribution in [3.63, 3.8) is 0 Å². The highest BCUT2D eigenvalue weighted by Gasteiger charge is 2.82. The smallest absolute Gasteiger partial charge is 0.303 e. The van der Waals surface area contributed by atoms with Gasteiger partial charge in [0.25, 0.3) is 0 Å². The maximum Gasteiger partial charge on any atom is 0.303 e. The van der Waals surface area contributed by atoms with E-state index < -0.39 is 104 Å². The van der Waals surface area contributed by atoms with Gasteiger partial charge in [-0.2, -0.15) is 0 Å². The zero-order valence-electron chi connectivity index (χ0n) is 45.0. The van der Waals surface area contributed by atoms with Crippen molar-refractivity contribution in [2.75, 3.05) is 6.61 Å². The molecule has 1 aromatic rings. The number of Topliss-reactive ketones (excluding diaryl/α,β-unsaturated/α-hetero) is 1. The molecule has 0 N–H and O–H groups in total. The second-order valence-corrected chi connectivity index (χ2v) is 40.7. The molecule has 14 heteroatoms. The van der Waals surface area contributed by atoms with Gasteiger partial charge in [0.15, 0.2) is 44.7 Å². The van der Waals surface area contributed by atoms with Crippen LogP contribution in [0, 0.1) is 16.7 Å². The Labute approximate surface area is 410 Å². The van der Waals surface area contributed by atoms with Crippen LogP contribution in [0.15, 0.2) is 41.5 Å². The second kappa shape index (κ2) is 20.3. The summed E-state index contributed by atoms with van der Waals surface area (Å²) in [6, 6.07) is 21.0. The van der Waals surface area contributed by atoms with Gasteiger partial charge in [0.2, 0.25) is 0 Å². The summed E-state index contributed by atoms with van der Waals surface area (Å²) >= 11 is 0. The Morgan fingerprint density at radius 3 is 1.66 bits per heavy atom. The number of hydrogen-bond acceptors (Lipinski definition) is 10. The molecule has 3 aliphatic carbocycles. The maximum atomic E-state index is 17.3. The lowest BCUT2D eigenvalue weighted by Gasteiger charge is -2.68. The summed E-state index contributed by atoms with van der Waals surface area (Å²) in [4.78, 5) is 31.1. The standard InChI is InChI=1S/C53H92O10Si4/c1-18-64(19-2,20-3)59-41-36-52-48(58-53(62-52,40-33-31-30-32-34-40)63-67(27-10,28-11)29-12)46-50(17,47(55)45(44(38(41)13)49(52,15)16)61-66(24-7,25-8)26-9)42(60-65(21-4,22-5)23-6)35-43-51(46,37-56-43)57-39(14)54/h30-34,41-43,45-46,48H,18-29,35-37H2,1-17H3/t41-,42-,43+,45+,46-,48-,50+,51-,52+,53+/m0/s1. The molecular weight excluding hydrogens is 909 g/mol. The summed E-state index contributed by atoms with van der Waals surface area (Å²) < 4.78 is 61.1. The lowest BCUT2D eigenvalue weighted by molar-refractivity contribution is -0.350. The van der Waals surface area contributed by atoms with E-state index in [-0.39, 0.29) is 12.4 Å². The molecule has 2 bridgehead atoms. The van der Waals surface area contributed by atoms with Crippen molar-refractivity contribution >= 4 is 45.0 Å². The molecule has 0 aromatic heterocycles. The maximum absolute atomic E-state index is 17.3. The molecule has 2 heterocycles. The van der Waals surface area contributed by atoms with Crippen molar-refractivity contribution in [1.29, 1.82) is 0 Å². The topological polar surface area (TPSA) is 108 Å². The highest BCUT2D eigenvalue weighted by Crippen LogP contribution is 2.70. The molecule has 10 atom stereocenters. The average Bonchev–Trinajstić information content (AvgIpc) is 3.66. The predicted molar refractivity (Wildman–Crippen MR) is 278 cm³/mol. The van der Waals surface area contributed by atoms with Crippen LogP contribution >= 0.6 is 0 Å². The summed E-state index contributed by atoms with van der Waals surface area (Å²) in [6.07, 6.45) is -2.40. The zero-order valence-corrected chi connectivity index (χ0v) is 49.0. The predicted octanol–water partition coefficient (Wildman–Crippen LogP) is 13.2. The first-order valence-corrected chi connectivity index (χ1v) is 37.0. The monoisotopic (exact) mass is 1000 g/mol. The van der Waals surface area contributed by atoms with E-state index in [1.165, 1.54) is 6.92 Å². The minimum atomic E-state index is -2.56. The first-order valence-electron chi connectivity index (χ1n) is 26.9. The van der Waals surface area contributed by atoms with Crippen LogP contribution in [0.3, 0.4) is 0 Å². The van der Waals surface area contributed by atoms with Gasteiger partial charge in [-0.15, -0.1) is 0 Å². The number of ether oxygens (including phenoxy) is 4. The van der Waals surface area contributed by atoms with Crippen molar-refractivity contribution in [3.8, 4) is 0 Å². The van der Waals surface area contributed by atoms with E-state index >= 15 is 4.79 Å². The van der Waals surface area contributed by atoms with Crippen LogP contribution in [-0.4, -0.2) is 93.4 Å². The number of esters is 1. The minimum absolute atomic E-state index is 0.0133. The highest BCUT2D eigenvalue weighted by atomic mass is 28.4. The summed E-state index contributed by atoms with van der Waals surface area (Å²) in [6.45, 7) is 37.5. The quantitative estimate of drug-likeness (QED) is 0.0633. The Bertz CT molecular complexity index is 1900. The minimum Gasteiger partial charge on any atom is -0.454 e. The van der Waals surface area contributed by atoms with Crippen LogP contribution in [0.1, 0.15) is 136 Å². The third-order valence-corrected chi connectivity index (χ3v) is 38.0. The van der Waals surface area contributed by atoms with Crippen LogP contribution in [0.5, 0.6) is 0 Å². The number of ketones is 1. The van der Waals surface area contributed by atoms with Gasteiger partial charge < -0.3 is 36.7 Å². The molecular formula is C53H92O10Si4. The Morgan fingerprint density at radius 1 is 0.701 bits per heavy atom. The van der Waals surface area contributed by atoms with E-state index in [1.807, 2.05) is 18.2 Å². The molecule has 2 saturated heterocycles. The fourth-order valence-electron chi connectivity index (χ4n) is 13.9. The van der Waals surface area contributed by atoms with Crippen molar-refractivity contribution in [1.82, 2.24) is 0 Å². The second-order valence-electron chi connectivity index (χ2n) is 21.9. The van der Waals surface area contributed by atoms with Crippen LogP contribution in [0.25, 0.3) is 0 Å². The van der Waals surface area contributed by atoms with E-state index in [2.05, 4.69) is 123 Å². The van der Waals surface area contributed by atoms with Crippen molar-refractivity contribution < 1.29 is 46.2 Å². The Hall–Kier alpha value is -1.31. The number of carbonyl (C=O) groups is 2. The van der Waals surface area contributed by atoms with Gasteiger partial charge in [0, 0.05) is 36.7 Å². The van der Waals surface area contributed by atoms with Gasteiger partial charge in [-0.05, 0) is 97.5 Å². The largest absolute Gasteiger partial charge is 0.454 e. The van der Waals surface area contributed by atoms with E-state index in [0.29, 0.717) is 12.8 Å². The summed E-state index contributed by atoms with van der Waals surface area (Å²) in [7, 11) is -9.83. The van der Waals surface area contributed by atoms with Crippen LogP contribution in [0.2, 0.25) is 72.5 Å². The molecule has 0 radical (unpaired) electrons. The van der Waals surface area contributed by atoms with Gasteiger partial charge in [-0.25, -0.2) is 0 Å². The SMILES string of the molecule is CC[Si](CC)(CC)O[C@H]1C(=O)[C@]2(C)[C@@H](O[Si](CC)(CC)CC)C[C@H]3OC[C@@]3(OC(C)=O)[C@H]2[C@@H]2O[C@](O[Si](CC)(CC)CC)(c3ccccc3)O[C@]23C[C@H](O[Si](CC)(CC)CC)C(C)=C1C3(C)C.